The van der Waals surface area contributed by atoms with Crippen LogP contribution in [0, 0.1) is 12.3 Å². The first-order valence-corrected chi connectivity index (χ1v) is 5.26. The largest absolute Gasteiger partial charge is 0.355 e. The lowest BCUT2D eigenvalue weighted by molar-refractivity contribution is -0.121. The summed E-state index contributed by atoms with van der Waals surface area (Å²) in [6, 6.07) is 0.457. The molecule has 1 atom stereocenters. The van der Waals surface area contributed by atoms with Crippen LogP contribution in [0.5, 0.6) is 0 Å². The molecule has 1 aliphatic rings. The lowest BCUT2D eigenvalue weighted by atomic mass is 10.1. The SMILES string of the molecule is C#CCCC(=O)NCC1CCCCN1. The zero-order chi connectivity index (χ0) is 10.2. The van der Waals surface area contributed by atoms with Crippen molar-refractivity contribution in [2.45, 2.75) is 38.1 Å². The van der Waals surface area contributed by atoms with E-state index in [0.29, 0.717) is 18.9 Å². The second kappa shape index (κ2) is 6.44. The van der Waals surface area contributed by atoms with Crippen LogP contribution in [-0.4, -0.2) is 25.0 Å². The molecule has 2 N–H and O–H groups in total. The Bertz CT molecular complexity index is 214. The highest BCUT2D eigenvalue weighted by atomic mass is 16.1. The molecule has 0 aromatic heterocycles. The molecule has 3 heteroatoms. The maximum Gasteiger partial charge on any atom is 0.221 e. The minimum Gasteiger partial charge on any atom is -0.355 e. The van der Waals surface area contributed by atoms with Gasteiger partial charge in [0, 0.05) is 25.4 Å². The van der Waals surface area contributed by atoms with Gasteiger partial charge in [0.15, 0.2) is 0 Å². The van der Waals surface area contributed by atoms with E-state index in [4.69, 9.17) is 6.42 Å². The molecule has 0 aliphatic carbocycles. The van der Waals surface area contributed by atoms with E-state index >= 15 is 0 Å². The summed E-state index contributed by atoms with van der Waals surface area (Å²) in [5, 5.41) is 6.27. The second-order valence-electron chi connectivity index (χ2n) is 3.66. The van der Waals surface area contributed by atoms with Crippen LogP contribution in [0.2, 0.25) is 0 Å². The smallest absolute Gasteiger partial charge is 0.221 e. The highest BCUT2D eigenvalue weighted by Crippen LogP contribution is 2.05. The first kappa shape index (κ1) is 11.1. The van der Waals surface area contributed by atoms with Gasteiger partial charge in [-0.05, 0) is 19.4 Å². The molecule has 14 heavy (non-hydrogen) atoms. The minimum atomic E-state index is 0.0651. The fraction of sp³-hybridized carbons (Fsp3) is 0.727. The molecule has 1 unspecified atom stereocenters. The van der Waals surface area contributed by atoms with Gasteiger partial charge in [-0.15, -0.1) is 12.3 Å². The monoisotopic (exact) mass is 194 g/mol. The van der Waals surface area contributed by atoms with Crippen molar-refractivity contribution in [3.63, 3.8) is 0 Å². The van der Waals surface area contributed by atoms with Crippen molar-refractivity contribution in [1.29, 1.82) is 0 Å². The van der Waals surface area contributed by atoms with Gasteiger partial charge in [0.2, 0.25) is 5.91 Å². The molecule has 78 valence electrons. The quantitative estimate of drug-likeness (QED) is 0.645. The van der Waals surface area contributed by atoms with Crippen LogP contribution in [0.15, 0.2) is 0 Å². The summed E-state index contributed by atoms with van der Waals surface area (Å²) in [4.78, 5) is 11.2. The predicted molar refractivity (Wildman–Crippen MR) is 56.7 cm³/mol. The van der Waals surface area contributed by atoms with Crippen molar-refractivity contribution in [3.8, 4) is 12.3 Å². The highest BCUT2D eigenvalue weighted by molar-refractivity contribution is 5.76. The van der Waals surface area contributed by atoms with Gasteiger partial charge < -0.3 is 10.6 Å². The Labute approximate surface area is 85.6 Å². The number of hydrogen-bond donors (Lipinski definition) is 2. The van der Waals surface area contributed by atoms with E-state index in [1.54, 1.807) is 0 Å². The van der Waals surface area contributed by atoms with Gasteiger partial charge in [0.25, 0.3) is 0 Å². The number of nitrogens with one attached hydrogen (secondary N) is 2. The number of hydrogen-bond acceptors (Lipinski definition) is 2. The van der Waals surface area contributed by atoms with Crippen LogP contribution >= 0.6 is 0 Å². The molecule has 1 rings (SSSR count). The number of amides is 1. The summed E-state index contributed by atoms with van der Waals surface area (Å²) < 4.78 is 0. The first-order chi connectivity index (χ1) is 6.83. The Morgan fingerprint density at radius 2 is 2.43 bits per heavy atom. The maximum atomic E-state index is 11.2. The zero-order valence-corrected chi connectivity index (χ0v) is 8.51. The topological polar surface area (TPSA) is 41.1 Å². The van der Waals surface area contributed by atoms with Crippen LogP contribution in [0.1, 0.15) is 32.1 Å². The van der Waals surface area contributed by atoms with Crippen molar-refractivity contribution >= 4 is 5.91 Å². The normalized spacial score (nSPS) is 21.2. The molecule has 0 spiro atoms. The van der Waals surface area contributed by atoms with Crippen LogP contribution in [-0.2, 0) is 4.79 Å². The fourth-order valence-electron chi connectivity index (χ4n) is 1.61. The summed E-state index contributed by atoms with van der Waals surface area (Å²) in [5.41, 5.74) is 0. The summed E-state index contributed by atoms with van der Waals surface area (Å²) in [6.45, 7) is 1.81. The number of carbonyl (C=O) groups is 1. The molecule has 3 nitrogen and oxygen atoms in total. The molecular weight excluding hydrogens is 176 g/mol. The van der Waals surface area contributed by atoms with E-state index in [0.717, 1.165) is 19.5 Å². The van der Waals surface area contributed by atoms with Crippen molar-refractivity contribution < 1.29 is 4.79 Å². The van der Waals surface area contributed by atoms with Gasteiger partial charge in [-0.3, -0.25) is 4.79 Å². The molecule has 1 fully saturated rings. The Morgan fingerprint density at radius 3 is 3.07 bits per heavy atom. The van der Waals surface area contributed by atoms with Crippen molar-refractivity contribution in [1.82, 2.24) is 10.6 Å². The Morgan fingerprint density at radius 1 is 1.57 bits per heavy atom. The summed E-state index contributed by atoms with van der Waals surface area (Å²) in [6.07, 6.45) is 9.73. The van der Waals surface area contributed by atoms with E-state index in [9.17, 15) is 4.79 Å². The molecule has 1 saturated heterocycles. The van der Waals surface area contributed by atoms with Gasteiger partial charge in [-0.1, -0.05) is 6.42 Å². The van der Waals surface area contributed by atoms with Crippen molar-refractivity contribution in [2.24, 2.45) is 0 Å². The minimum absolute atomic E-state index is 0.0651. The van der Waals surface area contributed by atoms with Gasteiger partial charge in [0.1, 0.15) is 0 Å². The molecule has 0 aromatic carbocycles. The third-order valence-corrected chi connectivity index (χ3v) is 2.45. The van der Waals surface area contributed by atoms with E-state index in [-0.39, 0.29) is 5.91 Å². The average molecular weight is 194 g/mol. The number of piperidine rings is 1. The highest BCUT2D eigenvalue weighted by Gasteiger charge is 2.12. The van der Waals surface area contributed by atoms with Crippen molar-refractivity contribution in [3.05, 3.63) is 0 Å². The van der Waals surface area contributed by atoms with Crippen molar-refractivity contribution in [2.75, 3.05) is 13.1 Å². The lowest BCUT2D eigenvalue weighted by Crippen LogP contribution is -2.43. The number of rotatable bonds is 4. The number of carbonyl (C=O) groups excluding carboxylic acids is 1. The van der Waals surface area contributed by atoms with Crippen LogP contribution in [0.4, 0.5) is 0 Å². The van der Waals surface area contributed by atoms with Gasteiger partial charge >= 0.3 is 0 Å². The van der Waals surface area contributed by atoms with E-state index in [2.05, 4.69) is 16.6 Å². The van der Waals surface area contributed by atoms with Gasteiger partial charge in [-0.2, -0.15) is 0 Å². The van der Waals surface area contributed by atoms with Crippen LogP contribution < -0.4 is 10.6 Å². The summed E-state index contributed by atoms with van der Waals surface area (Å²) in [7, 11) is 0. The third-order valence-electron chi connectivity index (χ3n) is 2.45. The molecule has 0 bridgehead atoms. The maximum absolute atomic E-state index is 11.2. The van der Waals surface area contributed by atoms with Gasteiger partial charge in [-0.25, -0.2) is 0 Å². The molecule has 0 aromatic rings. The molecule has 1 aliphatic heterocycles. The predicted octanol–water partition coefficient (Wildman–Crippen LogP) is 0.658. The standard InChI is InChI=1S/C11H18N2O/c1-2-3-7-11(14)13-9-10-6-4-5-8-12-10/h1,10,12H,3-9H2,(H,13,14). The average Bonchev–Trinajstić information content (AvgIpc) is 2.25. The molecule has 0 saturated carbocycles. The fourth-order valence-corrected chi connectivity index (χ4v) is 1.61. The van der Waals surface area contributed by atoms with E-state index in [1.165, 1.54) is 12.8 Å². The molecule has 1 heterocycles. The van der Waals surface area contributed by atoms with E-state index < -0.39 is 0 Å². The van der Waals surface area contributed by atoms with Crippen LogP contribution in [0.3, 0.4) is 0 Å². The Balaban J connectivity index is 2.07. The molecule has 1 amide bonds. The second-order valence-corrected chi connectivity index (χ2v) is 3.66. The first-order valence-electron chi connectivity index (χ1n) is 5.26. The zero-order valence-electron chi connectivity index (χ0n) is 8.51. The molecule has 0 radical (unpaired) electrons. The Hall–Kier alpha value is -1.01. The van der Waals surface area contributed by atoms with Gasteiger partial charge in [0.05, 0.1) is 0 Å². The summed E-state index contributed by atoms with van der Waals surface area (Å²) in [5.74, 6) is 2.53. The number of terminal acetylenes is 1. The lowest BCUT2D eigenvalue weighted by Gasteiger charge is -2.23. The Kier molecular flexibility index (Phi) is 5.09. The third kappa shape index (κ3) is 4.29. The molecular formula is C11H18N2O. The van der Waals surface area contributed by atoms with Crippen LogP contribution in [0.25, 0.3) is 0 Å². The van der Waals surface area contributed by atoms with E-state index in [1.807, 2.05) is 0 Å². The summed E-state index contributed by atoms with van der Waals surface area (Å²) >= 11 is 0.